The Balaban J connectivity index is 1.27. The average Bonchev–Trinajstić information content (AvgIpc) is 3.57. The first-order chi connectivity index (χ1) is 19.9. The van der Waals surface area contributed by atoms with E-state index in [2.05, 4.69) is 20.7 Å². The van der Waals surface area contributed by atoms with E-state index in [0.717, 1.165) is 5.69 Å². The number of hydrogen-bond donors (Lipinski definition) is 2. The molecule has 4 aromatic heterocycles. The van der Waals surface area contributed by atoms with Crippen LogP contribution in [0.4, 0.5) is 11.5 Å². The number of halogens is 1. The highest BCUT2D eigenvalue weighted by Gasteiger charge is 2.34. The van der Waals surface area contributed by atoms with Crippen molar-refractivity contribution in [3.8, 4) is 11.4 Å². The van der Waals surface area contributed by atoms with E-state index in [4.69, 9.17) is 25.7 Å². The minimum atomic E-state index is -0.593. The van der Waals surface area contributed by atoms with Gasteiger partial charge < -0.3 is 24.7 Å². The van der Waals surface area contributed by atoms with Gasteiger partial charge in [-0.2, -0.15) is 5.10 Å². The maximum Gasteiger partial charge on any atom is 0.294 e. The van der Waals surface area contributed by atoms with Gasteiger partial charge in [0.25, 0.3) is 5.91 Å². The average molecular weight is 578 g/mol. The Morgan fingerprint density at radius 2 is 1.90 bits per heavy atom. The Morgan fingerprint density at radius 1 is 1.07 bits per heavy atom. The zero-order valence-electron chi connectivity index (χ0n) is 22.3. The minimum Gasteiger partial charge on any atom is -0.447 e. The summed E-state index contributed by atoms with van der Waals surface area (Å²) in [5, 5.41) is 10.3. The van der Waals surface area contributed by atoms with E-state index in [1.165, 1.54) is 6.20 Å². The van der Waals surface area contributed by atoms with Crippen LogP contribution in [0.1, 0.15) is 36.2 Å². The summed E-state index contributed by atoms with van der Waals surface area (Å²) >= 11 is 5.92. The number of nitrogens with zero attached hydrogens (tertiary/aromatic N) is 5. The fraction of sp³-hybridized carbons (Fsp3) is 0.357. The molecule has 2 aliphatic rings. The fourth-order valence-corrected chi connectivity index (χ4v) is 5.55. The van der Waals surface area contributed by atoms with Crippen molar-refractivity contribution in [2.75, 3.05) is 30.4 Å². The predicted octanol–water partition coefficient (Wildman–Crippen LogP) is 3.89. The van der Waals surface area contributed by atoms with Crippen LogP contribution in [0.3, 0.4) is 0 Å². The molecule has 0 aromatic carbocycles. The van der Waals surface area contributed by atoms with E-state index in [1.54, 1.807) is 42.2 Å². The number of furan rings is 1. The maximum atomic E-state index is 13.5. The van der Waals surface area contributed by atoms with Gasteiger partial charge in [-0.05, 0) is 56.0 Å². The molecular formula is C28H28ClN7O5. The second-order valence-corrected chi connectivity index (χ2v) is 10.6. The summed E-state index contributed by atoms with van der Waals surface area (Å²) in [7, 11) is 1.80. The second kappa shape index (κ2) is 11.3. The number of carbonyl (C=O) groups is 3. The van der Waals surface area contributed by atoms with Gasteiger partial charge in [0.1, 0.15) is 23.6 Å². The van der Waals surface area contributed by atoms with Crippen molar-refractivity contribution in [1.29, 1.82) is 0 Å². The summed E-state index contributed by atoms with van der Waals surface area (Å²) in [6.45, 7) is 1.22. The zero-order valence-corrected chi connectivity index (χ0v) is 23.1. The molecule has 1 saturated heterocycles. The lowest BCUT2D eigenvalue weighted by Gasteiger charge is -2.38. The molecule has 2 N–H and O–H groups in total. The molecule has 212 valence electrons. The Bertz CT molecular complexity index is 1610. The van der Waals surface area contributed by atoms with Crippen molar-refractivity contribution in [3.63, 3.8) is 0 Å². The molecule has 6 rings (SSSR count). The number of ether oxygens (including phenoxy) is 1. The number of aromatic nitrogens is 4. The molecule has 1 saturated carbocycles. The van der Waals surface area contributed by atoms with Gasteiger partial charge in [0, 0.05) is 37.9 Å². The summed E-state index contributed by atoms with van der Waals surface area (Å²) in [6.07, 6.45) is 5.74. The lowest BCUT2D eigenvalue weighted by atomic mass is 9.84. The molecule has 2 fully saturated rings. The monoisotopic (exact) mass is 577 g/mol. The normalized spacial score (nSPS) is 19.4. The van der Waals surface area contributed by atoms with Crippen LogP contribution < -0.4 is 10.6 Å². The van der Waals surface area contributed by atoms with Gasteiger partial charge in [-0.15, -0.1) is 0 Å². The molecule has 12 nitrogen and oxygen atoms in total. The molecule has 0 atom stereocenters. The molecule has 0 unspecified atom stereocenters. The lowest BCUT2D eigenvalue weighted by molar-refractivity contribution is -0.146. The first-order valence-corrected chi connectivity index (χ1v) is 13.8. The molecule has 41 heavy (non-hydrogen) atoms. The Hall–Kier alpha value is -4.29. The van der Waals surface area contributed by atoms with Crippen LogP contribution in [-0.4, -0.2) is 68.2 Å². The highest BCUT2D eigenvalue weighted by molar-refractivity contribution is 6.30. The molecular weight excluding hydrogens is 550 g/mol. The topological polar surface area (TPSA) is 144 Å². The van der Waals surface area contributed by atoms with Gasteiger partial charge in [-0.1, -0.05) is 11.6 Å². The highest BCUT2D eigenvalue weighted by Crippen LogP contribution is 2.35. The van der Waals surface area contributed by atoms with E-state index in [-0.39, 0.29) is 47.6 Å². The van der Waals surface area contributed by atoms with Crippen LogP contribution in [0.2, 0.25) is 5.02 Å². The standard InChI is InChI=1S/C28H28ClN7O5/c1-35-20(10-11-31-35)19-7-8-21-24(32-19)25(26(41-21)28(39)33-22-9-4-17(29)14-30-22)34-27(38)16-2-5-18(6-3-16)36-12-13-40-15-23(36)37/h4,7-11,14,16,18H,2-3,5-6,12-13,15H2,1H3,(H,34,38)(H,30,33,39). The maximum absolute atomic E-state index is 13.5. The van der Waals surface area contributed by atoms with E-state index in [0.29, 0.717) is 60.7 Å². The van der Waals surface area contributed by atoms with Crippen LogP contribution in [0.25, 0.3) is 22.5 Å². The number of anilines is 2. The molecule has 13 heteroatoms. The van der Waals surface area contributed by atoms with Crippen molar-refractivity contribution in [3.05, 3.63) is 53.5 Å². The smallest absolute Gasteiger partial charge is 0.294 e. The number of aryl methyl sites for hydroxylation is 1. The van der Waals surface area contributed by atoms with E-state index < -0.39 is 5.91 Å². The summed E-state index contributed by atoms with van der Waals surface area (Å²) in [6, 6.07) is 8.57. The van der Waals surface area contributed by atoms with Gasteiger partial charge in [0.2, 0.25) is 17.6 Å². The minimum absolute atomic E-state index is 0.00449. The number of carbonyl (C=O) groups excluding carboxylic acids is 3. The van der Waals surface area contributed by atoms with Crippen LogP contribution in [0, 0.1) is 5.92 Å². The number of morpholine rings is 1. The first-order valence-electron chi connectivity index (χ1n) is 13.4. The van der Waals surface area contributed by atoms with Crippen molar-refractivity contribution < 1.29 is 23.5 Å². The summed E-state index contributed by atoms with van der Waals surface area (Å²) in [5.74, 6) is -0.934. The molecule has 0 radical (unpaired) electrons. The number of nitrogens with one attached hydrogen (secondary N) is 2. The summed E-state index contributed by atoms with van der Waals surface area (Å²) in [5.41, 5.74) is 2.24. The third kappa shape index (κ3) is 5.52. The fourth-order valence-electron chi connectivity index (χ4n) is 5.43. The number of amides is 3. The van der Waals surface area contributed by atoms with Crippen molar-refractivity contribution >= 4 is 51.9 Å². The van der Waals surface area contributed by atoms with Gasteiger partial charge >= 0.3 is 0 Å². The van der Waals surface area contributed by atoms with E-state index >= 15 is 0 Å². The van der Waals surface area contributed by atoms with Crippen molar-refractivity contribution in [2.45, 2.75) is 31.7 Å². The molecule has 4 aromatic rings. The molecule has 3 amide bonds. The van der Waals surface area contributed by atoms with Crippen LogP contribution in [-0.2, 0) is 21.4 Å². The van der Waals surface area contributed by atoms with Crippen molar-refractivity contribution in [1.82, 2.24) is 24.6 Å². The van der Waals surface area contributed by atoms with E-state index in [1.807, 2.05) is 11.0 Å². The molecule has 5 heterocycles. The summed E-state index contributed by atoms with van der Waals surface area (Å²) < 4.78 is 12.9. The third-order valence-electron chi connectivity index (χ3n) is 7.57. The van der Waals surface area contributed by atoms with Gasteiger partial charge in [0.15, 0.2) is 5.58 Å². The Kier molecular flexibility index (Phi) is 7.41. The zero-order chi connectivity index (χ0) is 28.5. The van der Waals surface area contributed by atoms with Gasteiger partial charge in [-0.25, -0.2) is 9.97 Å². The lowest BCUT2D eigenvalue weighted by Crippen LogP contribution is -2.49. The summed E-state index contributed by atoms with van der Waals surface area (Å²) in [4.78, 5) is 49.9. The quantitative estimate of drug-likeness (QED) is 0.351. The molecule has 0 bridgehead atoms. The molecule has 0 spiro atoms. The third-order valence-corrected chi connectivity index (χ3v) is 7.80. The van der Waals surface area contributed by atoms with Gasteiger partial charge in [0.05, 0.1) is 23.0 Å². The van der Waals surface area contributed by atoms with E-state index in [9.17, 15) is 14.4 Å². The molecule has 1 aliphatic carbocycles. The van der Waals surface area contributed by atoms with Crippen LogP contribution >= 0.6 is 11.6 Å². The predicted molar refractivity (Wildman–Crippen MR) is 150 cm³/mol. The Labute approximate surface area is 240 Å². The second-order valence-electron chi connectivity index (χ2n) is 10.1. The SMILES string of the molecule is Cn1nccc1-c1ccc2oc(C(=O)Nc3ccc(Cl)cn3)c(NC(=O)C3CCC(N4CCOCC4=O)CC3)c2n1. The molecule has 1 aliphatic heterocycles. The van der Waals surface area contributed by atoms with Gasteiger partial charge in [-0.3, -0.25) is 19.1 Å². The number of rotatable bonds is 6. The highest BCUT2D eigenvalue weighted by atomic mass is 35.5. The Morgan fingerprint density at radius 3 is 2.61 bits per heavy atom. The largest absolute Gasteiger partial charge is 0.447 e. The van der Waals surface area contributed by atoms with Crippen LogP contribution in [0.15, 0.2) is 47.1 Å². The number of fused-ring (bicyclic) bond motifs is 1. The number of pyridine rings is 2. The van der Waals surface area contributed by atoms with Crippen LogP contribution in [0.5, 0.6) is 0 Å². The van der Waals surface area contributed by atoms with Crippen molar-refractivity contribution in [2.24, 2.45) is 13.0 Å². The first kappa shape index (κ1) is 26.9. The number of hydrogen-bond acceptors (Lipinski definition) is 8.